The Bertz CT molecular complexity index is 594. The van der Waals surface area contributed by atoms with E-state index in [0.29, 0.717) is 42.0 Å². The summed E-state index contributed by atoms with van der Waals surface area (Å²) in [7, 11) is 0. The van der Waals surface area contributed by atoms with E-state index in [-0.39, 0.29) is 5.92 Å². The molecule has 106 valence electrons. The summed E-state index contributed by atoms with van der Waals surface area (Å²) in [6, 6.07) is 3.48. The van der Waals surface area contributed by atoms with Crippen LogP contribution in [0.4, 0.5) is 0 Å². The molecule has 0 aromatic heterocycles. The van der Waals surface area contributed by atoms with E-state index in [9.17, 15) is 4.79 Å². The van der Waals surface area contributed by atoms with Gasteiger partial charge in [-0.2, -0.15) is 0 Å². The third kappa shape index (κ3) is 2.64. The Morgan fingerprint density at radius 3 is 2.85 bits per heavy atom. The van der Waals surface area contributed by atoms with Crippen molar-refractivity contribution < 1.29 is 14.6 Å². The van der Waals surface area contributed by atoms with Gasteiger partial charge in [-0.1, -0.05) is 23.2 Å². The molecule has 0 bridgehead atoms. The third-order valence-corrected chi connectivity index (χ3v) is 4.03. The Morgan fingerprint density at radius 1 is 1.40 bits per heavy atom. The number of aliphatic carboxylic acids is 1. The predicted molar refractivity (Wildman–Crippen MR) is 77.5 cm³/mol. The van der Waals surface area contributed by atoms with Crippen LogP contribution in [0.5, 0.6) is 5.75 Å². The molecule has 1 saturated heterocycles. The van der Waals surface area contributed by atoms with E-state index in [1.54, 1.807) is 6.07 Å². The highest BCUT2D eigenvalue weighted by atomic mass is 35.5. The van der Waals surface area contributed by atoms with E-state index >= 15 is 0 Å². The van der Waals surface area contributed by atoms with Crippen LogP contribution in [0.3, 0.4) is 0 Å². The highest BCUT2D eigenvalue weighted by Gasteiger charge is 2.33. The molecule has 3 rings (SSSR count). The number of fused-ring (bicyclic) bond motifs is 1. The molecule has 0 amide bonds. The van der Waals surface area contributed by atoms with Gasteiger partial charge in [-0.15, -0.1) is 0 Å². The van der Waals surface area contributed by atoms with Crippen LogP contribution in [-0.4, -0.2) is 42.2 Å². The molecule has 1 fully saturated rings. The first-order valence-corrected chi connectivity index (χ1v) is 7.05. The average molecular weight is 314 g/mol. The summed E-state index contributed by atoms with van der Waals surface area (Å²) in [5, 5.41) is 9.94. The van der Waals surface area contributed by atoms with Crippen molar-refractivity contribution in [1.82, 2.24) is 4.90 Å². The molecular weight excluding hydrogens is 301 g/mol. The molecule has 2 aliphatic rings. The van der Waals surface area contributed by atoms with E-state index in [4.69, 9.17) is 33.0 Å². The Balaban J connectivity index is 1.70. The smallest absolute Gasteiger partial charge is 0.309 e. The van der Waals surface area contributed by atoms with Gasteiger partial charge >= 0.3 is 5.97 Å². The van der Waals surface area contributed by atoms with Gasteiger partial charge in [0.25, 0.3) is 0 Å². The standard InChI is InChI=1S/C14H13Cl2NO3/c15-11-2-9-1-8(7-20-13(9)12(16)3-11)4-17-5-10(6-17)14(18)19/h1-3,10H,4-7H2,(H,18,19). The number of halogens is 2. The van der Waals surface area contributed by atoms with E-state index < -0.39 is 5.97 Å². The van der Waals surface area contributed by atoms with Crippen LogP contribution in [-0.2, 0) is 4.79 Å². The number of carbonyl (C=O) groups is 1. The van der Waals surface area contributed by atoms with E-state index in [1.807, 2.05) is 12.1 Å². The topological polar surface area (TPSA) is 49.8 Å². The van der Waals surface area contributed by atoms with Crippen molar-refractivity contribution in [2.45, 2.75) is 0 Å². The molecule has 20 heavy (non-hydrogen) atoms. The first-order valence-electron chi connectivity index (χ1n) is 6.29. The van der Waals surface area contributed by atoms with Crippen LogP contribution < -0.4 is 4.74 Å². The number of benzene rings is 1. The molecule has 4 nitrogen and oxygen atoms in total. The van der Waals surface area contributed by atoms with Crippen LogP contribution in [0.25, 0.3) is 6.08 Å². The summed E-state index contributed by atoms with van der Waals surface area (Å²) in [5.74, 6) is -0.304. The molecular formula is C14H13Cl2NO3. The first kappa shape index (κ1) is 13.7. The number of hydrogen-bond donors (Lipinski definition) is 1. The third-order valence-electron chi connectivity index (χ3n) is 3.53. The van der Waals surface area contributed by atoms with Gasteiger partial charge in [0, 0.05) is 30.2 Å². The molecule has 0 atom stereocenters. The van der Waals surface area contributed by atoms with Crippen molar-refractivity contribution in [3.63, 3.8) is 0 Å². The molecule has 0 spiro atoms. The van der Waals surface area contributed by atoms with Crippen molar-refractivity contribution >= 4 is 35.2 Å². The van der Waals surface area contributed by atoms with Crippen LogP contribution in [0.2, 0.25) is 10.0 Å². The minimum absolute atomic E-state index is 0.240. The van der Waals surface area contributed by atoms with Gasteiger partial charge in [0.1, 0.15) is 12.4 Å². The lowest BCUT2D eigenvalue weighted by molar-refractivity contribution is -0.147. The van der Waals surface area contributed by atoms with Gasteiger partial charge in [0.2, 0.25) is 0 Å². The number of carboxylic acids is 1. The number of rotatable bonds is 3. The van der Waals surface area contributed by atoms with Crippen molar-refractivity contribution in [2.75, 3.05) is 26.2 Å². The van der Waals surface area contributed by atoms with Gasteiger partial charge < -0.3 is 9.84 Å². The highest BCUT2D eigenvalue weighted by Crippen LogP contribution is 2.36. The molecule has 1 aromatic rings. The van der Waals surface area contributed by atoms with Gasteiger partial charge in [-0.25, -0.2) is 0 Å². The molecule has 2 aliphatic heterocycles. The largest absolute Gasteiger partial charge is 0.487 e. The maximum absolute atomic E-state index is 10.8. The molecule has 2 heterocycles. The second-order valence-corrected chi connectivity index (χ2v) is 5.97. The zero-order valence-electron chi connectivity index (χ0n) is 10.6. The minimum atomic E-state index is -0.723. The summed E-state index contributed by atoms with van der Waals surface area (Å²) < 4.78 is 5.66. The Labute approximate surface area is 126 Å². The van der Waals surface area contributed by atoms with Gasteiger partial charge in [-0.05, 0) is 23.8 Å². The van der Waals surface area contributed by atoms with E-state index in [0.717, 1.165) is 11.1 Å². The molecule has 6 heteroatoms. The van der Waals surface area contributed by atoms with E-state index in [1.165, 1.54) is 0 Å². The Morgan fingerprint density at radius 2 is 2.15 bits per heavy atom. The van der Waals surface area contributed by atoms with Crippen LogP contribution in [0, 0.1) is 5.92 Å². The molecule has 0 unspecified atom stereocenters. The van der Waals surface area contributed by atoms with Gasteiger partial charge in [-0.3, -0.25) is 9.69 Å². The van der Waals surface area contributed by atoms with Crippen molar-refractivity contribution in [3.8, 4) is 5.75 Å². The summed E-state index contributed by atoms with van der Waals surface area (Å²) >= 11 is 12.1. The summed E-state index contributed by atoms with van der Waals surface area (Å²) in [6.45, 7) is 2.38. The first-order chi connectivity index (χ1) is 9.52. The maximum Gasteiger partial charge on any atom is 0.309 e. The second-order valence-electron chi connectivity index (χ2n) is 5.13. The van der Waals surface area contributed by atoms with Crippen molar-refractivity contribution in [1.29, 1.82) is 0 Å². The highest BCUT2D eigenvalue weighted by molar-refractivity contribution is 6.36. The summed E-state index contributed by atoms with van der Waals surface area (Å²) in [5.41, 5.74) is 1.97. The monoisotopic (exact) mass is 313 g/mol. The fourth-order valence-electron chi connectivity index (χ4n) is 2.50. The van der Waals surface area contributed by atoms with Crippen LogP contribution >= 0.6 is 23.2 Å². The number of ether oxygens (including phenoxy) is 1. The lowest BCUT2D eigenvalue weighted by Gasteiger charge is -2.37. The zero-order chi connectivity index (χ0) is 14.3. The van der Waals surface area contributed by atoms with Gasteiger partial charge in [0.05, 0.1) is 10.9 Å². The summed E-state index contributed by atoms with van der Waals surface area (Å²) in [6.07, 6.45) is 2.02. The average Bonchev–Trinajstić information content (AvgIpc) is 2.32. The molecule has 1 N–H and O–H groups in total. The fraction of sp³-hybridized carbons (Fsp3) is 0.357. The van der Waals surface area contributed by atoms with E-state index in [2.05, 4.69) is 4.90 Å². The maximum atomic E-state index is 10.8. The van der Waals surface area contributed by atoms with Crippen molar-refractivity contribution in [2.24, 2.45) is 5.92 Å². The fourth-order valence-corrected chi connectivity index (χ4v) is 3.06. The molecule has 0 saturated carbocycles. The predicted octanol–water partition coefficient (Wildman–Crippen LogP) is 2.79. The Kier molecular flexibility index (Phi) is 3.63. The lowest BCUT2D eigenvalue weighted by Crippen LogP contribution is -2.51. The molecule has 1 aromatic carbocycles. The number of likely N-dealkylation sites (tertiary alicyclic amines) is 1. The van der Waals surface area contributed by atoms with Crippen LogP contribution in [0.1, 0.15) is 5.56 Å². The molecule has 0 aliphatic carbocycles. The Hall–Kier alpha value is -1.23. The number of carboxylic acid groups (broad SMARTS) is 1. The zero-order valence-corrected chi connectivity index (χ0v) is 12.1. The van der Waals surface area contributed by atoms with Crippen LogP contribution in [0.15, 0.2) is 17.7 Å². The van der Waals surface area contributed by atoms with Crippen molar-refractivity contribution in [3.05, 3.63) is 33.3 Å². The van der Waals surface area contributed by atoms with Gasteiger partial charge in [0.15, 0.2) is 0 Å². The quantitative estimate of drug-likeness (QED) is 0.932. The number of hydrogen-bond acceptors (Lipinski definition) is 3. The number of nitrogens with zero attached hydrogens (tertiary/aromatic N) is 1. The normalized spacial score (nSPS) is 18.8. The minimum Gasteiger partial charge on any atom is -0.487 e. The lowest BCUT2D eigenvalue weighted by atomic mass is 9.98. The molecule has 0 radical (unpaired) electrons. The SMILES string of the molecule is O=C(O)C1CN(CC2=Cc3cc(Cl)cc(Cl)c3OC2)C1. The summed E-state index contributed by atoms with van der Waals surface area (Å²) in [4.78, 5) is 12.9. The second kappa shape index (κ2) is 5.28.